The van der Waals surface area contributed by atoms with Gasteiger partial charge in [0.05, 0.1) is 14.2 Å². The number of carbonyl (C=O) groups excluding carboxylic acids is 2. The summed E-state index contributed by atoms with van der Waals surface area (Å²) in [5.74, 6) is 1.64. The van der Waals surface area contributed by atoms with Crippen molar-refractivity contribution in [3.05, 3.63) is 53.6 Å². The van der Waals surface area contributed by atoms with Gasteiger partial charge < -0.3 is 19.3 Å². The minimum absolute atomic E-state index is 0.0229. The second-order valence-electron chi connectivity index (χ2n) is 7.34. The molecular formula is C23H28N2O4. The number of ether oxygens (including phenoxy) is 2. The van der Waals surface area contributed by atoms with Crippen molar-refractivity contribution in [1.82, 2.24) is 4.90 Å². The summed E-state index contributed by atoms with van der Waals surface area (Å²) < 4.78 is 10.7. The van der Waals surface area contributed by atoms with Gasteiger partial charge in [0, 0.05) is 55.5 Å². The molecule has 0 radical (unpaired) electrons. The molecule has 3 rings (SSSR count). The molecule has 0 aliphatic carbocycles. The van der Waals surface area contributed by atoms with Gasteiger partial charge in [0.15, 0.2) is 0 Å². The molecule has 1 saturated heterocycles. The Morgan fingerprint density at radius 3 is 2.38 bits per heavy atom. The van der Waals surface area contributed by atoms with E-state index in [1.54, 1.807) is 19.1 Å². The number of carbonyl (C=O) groups is 2. The Kier molecular flexibility index (Phi) is 6.75. The van der Waals surface area contributed by atoms with Crippen LogP contribution in [-0.2, 0) is 11.3 Å². The van der Waals surface area contributed by atoms with Crippen LogP contribution in [0, 0.1) is 5.92 Å². The zero-order valence-electron chi connectivity index (χ0n) is 17.3. The Morgan fingerprint density at radius 1 is 1.10 bits per heavy atom. The molecule has 0 saturated carbocycles. The van der Waals surface area contributed by atoms with Gasteiger partial charge in [-0.15, -0.1) is 0 Å². The number of rotatable bonds is 7. The van der Waals surface area contributed by atoms with Gasteiger partial charge in [-0.2, -0.15) is 0 Å². The van der Waals surface area contributed by atoms with E-state index in [0.29, 0.717) is 12.1 Å². The fraction of sp³-hybridized carbons (Fsp3) is 0.391. The number of aldehydes is 1. The number of nitrogens with zero attached hydrogens (tertiary/aromatic N) is 2. The van der Waals surface area contributed by atoms with Crippen LogP contribution in [0.1, 0.15) is 28.8 Å². The zero-order chi connectivity index (χ0) is 20.8. The van der Waals surface area contributed by atoms with Gasteiger partial charge >= 0.3 is 0 Å². The lowest BCUT2D eigenvalue weighted by molar-refractivity contribution is -0.135. The second kappa shape index (κ2) is 9.45. The summed E-state index contributed by atoms with van der Waals surface area (Å²) in [5.41, 5.74) is 2.73. The maximum absolute atomic E-state index is 13.0. The highest BCUT2D eigenvalue weighted by molar-refractivity contribution is 5.79. The van der Waals surface area contributed by atoms with E-state index < -0.39 is 0 Å². The molecule has 0 spiro atoms. The standard InChI is InChI=1S/C23H28N2O4/c1-24(15-19-6-9-21(28-2)14-22(19)29-3)23(27)18-10-12-25(13-11-18)20-7-4-17(16-26)5-8-20/h4-9,14,16,18H,10-13,15H2,1-3H3. The number of benzene rings is 2. The van der Waals surface area contributed by atoms with Crippen LogP contribution >= 0.6 is 0 Å². The second-order valence-corrected chi connectivity index (χ2v) is 7.34. The molecule has 0 atom stereocenters. The van der Waals surface area contributed by atoms with Crippen LogP contribution in [0.3, 0.4) is 0 Å². The quantitative estimate of drug-likeness (QED) is 0.672. The lowest BCUT2D eigenvalue weighted by Crippen LogP contribution is -2.41. The predicted molar refractivity (Wildman–Crippen MR) is 113 cm³/mol. The number of anilines is 1. The lowest BCUT2D eigenvalue weighted by atomic mass is 9.94. The van der Waals surface area contributed by atoms with Gasteiger partial charge in [0.1, 0.15) is 17.8 Å². The molecule has 1 fully saturated rings. The fourth-order valence-electron chi connectivity index (χ4n) is 3.78. The number of piperidine rings is 1. The molecule has 6 nitrogen and oxygen atoms in total. The van der Waals surface area contributed by atoms with E-state index in [4.69, 9.17) is 9.47 Å². The molecule has 2 aromatic carbocycles. The first-order chi connectivity index (χ1) is 14.0. The third-order valence-corrected chi connectivity index (χ3v) is 5.52. The van der Waals surface area contributed by atoms with Crippen LogP contribution in [0.2, 0.25) is 0 Å². The highest BCUT2D eigenvalue weighted by atomic mass is 16.5. The normalized spacial score (nSPS) is 14.4. The molecule has 0 unspecified atom stereocenters. The first kappa shape index (κ1) is 20.7. The number of hydrogen-bond acceptors (Lipinski definition) is 5. The average Bonchev–Trinajstić information content (AvgIpc) is 2.79. The molecule has 0 aromatic heterocycles. The number of hydrogen-bond donors (Lipinski definition) is 0. The number of amides is 1. The summed E-state index contributed by atoms with van der Waals surface area (Å²) in [7, 11) is 5.08. The molecule has 0 N–H and O–H groups in total. The number of methoxy groups -OCH3 is 2. The third kappa shape index (κ3) is 4.88. The molecule has 6 heteroatoms. The molecule has 0 bridgehead atoms. The van der Waals surface area contributed by atoms with Crippen LogP contribution < -0.4 is 14.4 Å². The SMILES string of the molecule is COc1ccc(CN(C)C(=O)C2CCN(c3ccc(C=O)cc3)CC2)c(OC)c1. The van der Waals surface area contributed by atoms with Crippen molar-refractivity contribution in [2.45, 2.75) is 19.4 Å². The molecule has 1 aliphatic heterocycles. The predicted octanol–water partition coefficient (Wildman–Crippen LogP) is 3.39. The monoisotopic (exact) mass is 396 g/mol. The van der Waals surface area contributed by atoms with Crippen LogP contribution in [0.25, 0.3) is 0 Å². The minimum Gasteiger partial charge on any atom is -0.497 e. The van der Waals surface area contributed by atoms with Gasteiger partial charge in [0.2, 0.25) is 5.91 Å². The first-order valence-electron chi connectivity index (χ1n) is 9.81. The Hall–Kier alpha value is -3.02. The van der Waals surface area contributed by atoms with E-state index in [1.165, 1.54) is 0 Å². The van der Waals surface area contributed by atoms with Crippen molar-refractivity contribution in [2.24, 2.45) is 5.92 Å². The van der Waals surface area contributed by atoms with E-state index in [1.807, 2.05) is 49.5 Å². The van der Waals surface area contributed by atoms with Crippen molar-refractivity contribution < 1.29 is 19.1 Å². The summed E-state index contributed by atoms with van der Waals surface area (Å²) in [4.78, 5) is 27.8. The van der Waals surface area contributed by atoms with E-state index in [9.17, 15) is 9.59 Å². The van der Waals surface area contributed by atoms with Crippen molar-refractivity contribution in [3.63, 3.8) is 0 Å². The van der Waals surface area contributed by atoms with Gasteiger partial charge in [-0.05, 0) is 49.2 Å². The van der Waals surface area contributed by atoms with Gasteiger partial charge in [-0.3, -0.25) is 9.59 Å². The fourth-order valence-corrected chi connectivity index (χ4v) is 3.78. The van der Waals surface area contributed by atoms with Crippen LogP contribution in [0.15, 0.2) is 42.5 Å². The Bertz CT molecular complexity index is 842. The maximum Gasteiger partial charge on any atom is 0.225 e. The van der Waals surface area contributed by atoms with Crippen LogP contribution in [0.4, 0.5) is 5.69 Å². The highest BCUT2D eigenvalue weighted by Gasteiger charge is 2.27. The summed E-state index contributed by atoms with van der Waals surface area (Å²) in [6.07, 6.45) is 2.49. The van der Waals surface area contributed by atoms with Gasteiger partial charge in [-0.1, -0.05) is 0 Å². The lowest BCUT2D eigenvalue weighted by Gasteiger charge is -2.34. The molecule has 1 aliphatic rings. The van der Waals surface area contributed by atoms with E-state index in [2.05, 4.69) is 4.90 Å². The molecule has 154 valence electrons. The molecule has 1 heterocycles. The van der Waals surface area contributed by atoms with Crippen LogP contribution in [-0.4, -0.2) is 51.5 Å². The van der Waals surface area contributed by atoms with Crippen LogP contribution in [0.5, 0.6) is 11.5 Å². The molecule has 1 amide bonds. The first-order valence-corrected chi connectivity index (χ1v) is 9.81. The minimum atomic E-state index is 0.0229. The average molecular weight is 396 g/mol. The van der Waals surface area contributed by atoms with Gasteiger partial charge in [0.25, 0.3) is 0 Å². The Balaban J connectivity index is 1.57. The molecular weight excluding hydrogens is 368 g/mol. The van der Waals surface area contributed by atoms with Crippen molar-refractivity contribution in [3.8, 4) is 11.5 Å². The smallest absolute Gasteiger partial charge is 0.225 e. The van der Waals surface area contributed by atoms with Gasteiger partial charge in [-0.25, -0.2) is 0 Å². The topological polar surface area (TPSA) is 59.1 Å². The van der Waals surface area contributed by atoms with Crippen molar-refractivity contribution >= 4 is 17.9 Å². The van der Waals surface area contributed by atoms with E-state index in [0.717, 1.165) is 55.0 Å². The maximum atomic E-state index is 13.0. The zero-order valence-corrected chi connectivity index (χ0v) is 17.3. The third-order valence-electron chi connectivity index (χ3n) is 5.52. The molecule has 2 aromatic rings. The van der Waals surface area contributed by atoms with Crippen molar-refractivity contribution in [1.29, 1.82) is 0 Å². The Labute approximate surface area is 172 Å². The molecule has 29 heavy (non-hydrogen) atoms. The summed E-state index contributed by atoms with van der Waals surface area (Å²) >= 11 is 0. The Morgan fingerprint density at radius 2 is 1.79 bits per heavy atom. The van der Waals surface area contributed by atoms with E-state index >= 15 is 0 Å². The summed E-state index contributed by atoms with van der Waals surface area (Å²) in [6.45, 7) is 2.16. The summed E-state index contributed by atoms with van der Waals surface area (Å²) in [6, 6.07) is 13.2. The largest absolute Gasteiger partial charge is 0.497 e. The highest BCUT2D eigenvalue weighted by Crippen LogP contribution is 2.28. The van der Waals surface area contributed by atoms with E-state index in [-0.39, 0.29) is 11.8 Å². The summed E-state index contributed by atoms with van der Waals surface area (Å²) in [5, 5.41) is 0. The van der Waals surface area contributed by atoms with Crippen molar-refractivity contribution in [2.75, 3.05) is 39.3 Å².